The number of carbonyl (C=O) groups excluding carboxylic acids is 1. The highest BCUT2D eigenvalue weighted by atomic mass is 32.2. The molecule has 0 aliphatic heterocycles. The second kappa shape index (κ2) is 7.62. The van der Waals surface area contributed by atoms with E-state index in [1.54, 1.807) is 0 Å². The first kappa shape index (κ1) is 16.3. The highest BCUT2D eigenvalue weighted by Gasteiger charge is 2.28. The van der Waals surface area contributed by atoms with Crippen LogP contribution in [0.1, 0.15) is 20.3 Å². The van der Waals surface area contributed by atoms with E-state index in [1.165, 1.54) is 14.0 Å². The van der Waals surface area contributed by atoms with Crippen LogP contribution in [0.25, 0.3) is 0 Å². The second-order valence-electron chi connectivity index (χ2n) is 3.92. The fourth-order valence-corrected chi connectivity index (χ4v) is 2.67. The zero-order chi connectivity index (χ0) is 13.5. The maximum absolute atomic E-state index is 11.8. The Kier molecular flexibility index (Phi) is 7.33. The molecule has 0 fully saturated rings. The maximum Gasteiger partial charge on any atom is 0.238 e. The quantitative estimate of drug-likeness (QED) is 0.565. The van der Waals surface area contributed by atoms with E-state index in [4.69, 9.17) is 10.5 Å². The molecule has 2 atom stereocenters. The molecule has 0 radical (unpaired) electrons. The van der Waals surface area contributed by atoms with Crippen LogP contribution in [0.4, 0.5) is 0 Å². The van der Waals surface area contributed by atoms with Crippen LogP contribution in [0.3, 0.4) is 0 Å². The summed E-state index contributed by atoms with van der Waals surface area (Å²) in [6.07, 6.45) is 0.567. The maximum atomic E-state index is 11.8. The van der Waals surface area contributed by atoms with Gasteiger partial charge in [-0.25, -0.2) is 8.42 Å². The molecule has 0 spiro atoms. The predicted molar refractivity (Wildman–Crippen MR) is 66.4 cm³/mol. The van der Waals surface area contributed by atoms with Crippen LogP contribution in [0.5, 0.6) is 0 Å². The first-order valence-corrected chi connectivity index (χ1v) is 7.30. The zero-order valence-corrected chi connectivity index (χ0v) is 11.4. The van der Waals surface area contributed by atoms with Gasteiger partial charge in [0.2, 0.25) is 5.91 Å². The van der Waals surface area contributed by atoms with Crippen molar-refractivity contribution < 1.29 is 17.9 Å². The van der Waals surface area contributed by atoms with E-state index in [-0.39, 0.29) is 5.75 Å². The number of hydrogen-bond donors (Lipinski definition) is 2. The monoisotopic (exact) mass is 266 g/mol. The Balaban J connectivity index is 4.36. The van der Waals surface area contributed by atoms with Gasteiger partial charge in [-0.2, -0.15) is 0 Å². The lowest BCUT2D eigenvalue weighted by Crippen LogP contribution is -2.43. The van der Waals surface area contributed by atoms with Crippen LogP contribution < -0.4 is 11.1 Å². The Morgan fingerprint density at radius 3 is 2.53 bits per heavy atom. The predicted octanol–water partition coefficient (Wildman–Crippen LogP) is -0.710. The molecule has 0 bridgehead atoms. The second-order valence-corrected chi connectivity index (χ2v) is 6.29. The first-order valence-electron chi connectivity index (χ1n) is 5.59. The van der Waals surface area contributed by atoms with Crippen LogP contribution in [0.2, 0.25) is 0 Å². The average Bonchev–Trinajstić information content (AvgIpc) is 2.27. The van der Waals surface area contributed by atoms with Gasteiger partial charge in [0.15, 0.2) is 9.84 Å². The molecule has 3 N–H and O–H groups in total. The third-order valence-corrected chi connectivity index (χ3v) is 4.67. The number of nitrogens with two attached hydrogens (primary N) is 1. The van der Waals surface area contributed by atoms with E-state index < -0.39 is 27.0 Å². The molecule has 102 valence electrons. The molecule has 0 aromatic carbocycles. The smallest absolute Gasteiger partial charge is 0.238 e. The standard InChI is InChI=1S/C10H22N2O4S/c1-4-9(11)7-17(14,15)8(2)10(13)12-5-6-16-3/h8-9H,4-7,11H2,1-3H3,(H,12,13). The van der Waals surface area contributed by atoms with Crippen LogP contribution >= 0.6 is 0 Å². The van der Waals surface area contributed by atoms with Crippen molar-refractivity contribution in [3.63, 3.8) is 0 Å². The molecular weight excluding hydrogens is 244 g/mol. The first-order chi connectivity index (χ1) is 7.85. The largest absolute Gasteiger partial charge is 0.383 e. The number of methoxy groups -OCH3 is 1. The van der Waals surface area contributed by atoms with Crippen molar-refractivity contribution in [1.82, 2.24) is 5.32 Å². The van der Waals surface area contributed by atoms with E-state index in [0.717, 1.165) is 0 Å². The lowest BCUT2D eigenvalue weighted by Gasteiger charge is -2.15. The molecule has 0 aliphatic carbocycles. The molecule has 0 rings (SSSR count). The van der Waals surface area contributed by atoms with Crippen molar-refractivity contribution in [2.24, 2.45) is 5.73 Å². The van der Waals surface area contributed by atoms with Gasteiger partial charge in [-0.1, -0.05) is 6.92 Å². The fourth-order valence-electron chi connectivity index (χ4n) is 1.14. The van der Waals surface area contributed by atoms with E-state index in [9.17, 15) is 13.2 Å². The summed E-state index contributed by atoms with van der Waals surface area (Å²) in [5, 5.41) is 1.42. The van der Waals surface area contributed by atoms with Crippen molar-refractivity contribution in [1.29, 1.82) is 0 Å². The summed E-state index contributed by atoms with van der Waals surface area (Å²) >= 11 is 0. The topological polar surface area (TPSA) is 98.5 Å². The third-order valence-electron chi connectivity index (χ3n) is 2.48. The highest BCUT2D eigenvalue weighted by Crippen LogP contribution is 2.05. The van der Waals surface area contributed by atoms with Crippen LogP contribution in [0.15, 0.2) is 0 Å². The number of hydrogen-bond acceptors (Lipinski definition) is 5. The summed E-state index contributed by atoms with van der Waals surface area (Å²) in [7, 11) is -1.98. The van der Waals surface area contributed by atoms with Gasteiger partial charge in [0.05, 0.1) is 12.4 Å². The van der Waals surface area contributed by atoms with Gasteiger partial charge in [0.1, 0.15) is 5.25 Å². The molecule has 0 aromatic heterocycles. The summed E-state index contributed by atoms with van der Waals surface area (Å²) in [6.45, 7) is 3.84. The minimum Gasteiger partial charge on any atom is -0.383 e. The van der Waals surface area contributed by atoms with Gasteiger partial charge in [0, 0.05) is 19.7 Å². The molecule has 17 heavy (non-hydrogen) atoms. The van der Waals surface area contributed by atoms with Crippen LogP contribution in [0, 0.1) is 0 Å². The highest BCUT2D eigenvalue weighted by molar-refractivity contribution is 7.92. The summed E-state index contributed by atoms with van der Waals surface area (Å²) in [5.74, 6) is -0.673. The van der Waals surface area contributed by atoms with Gasteiger partial charge >= 0.3 is 0 Å². The Hall–Kier alpha value is -0.660. The fraction of sp³-hybridized carbons (Fsp3) is 0.900. The van der Waals surface area contributed by atoms with E-state index in [2.05, 4.69) is 5.32 Å². The molecule has 0 heterocycles. The third kappa shape index (κ3) is 5.99. The minimum absolute atomic E-state index is 0.164. The molecule has 0 aromatic rings. The minimum atomic E-state index is -3.49. The molecule has 0 saturated heterocycles. The molecule has 0 aliphatic rings. The molecule has 7 heteroatoms. The van der Waals surface area contributed by atoms with Crippen molar-refractivity contribution in [3.05, 3.63) is 0 Å². The number of sulfone groups is 1. The van der Waals surface area contributed by atoms with Crippen LogP contribution in [-0.2, 0) is 19.4 Å². The van der Waals surface area contributed by atoms with E-state index in [0.29, 0.717) is 19.6 Å². The Morgan fingerprint density at radius 2 is 2.06 bits per heavy atom. The van der Waals surface area contributed by atoms with Crippen LogP contribution in [-0.4, -0.2) is 51.6 Å². The van der Waals surface area contributed by atoms with Gasteiger partial charge in [-0.05, 0) is 13.3 Å². The van der Waals surface area contributed by atoms with Crippen molar-refractivity contribution in [3.8, 4) is 0 Å². The molecule has 2 unspecified atom stereocenters. The summed E-state index contributed by atoms with van der Waals surface area (Å²) < 4.78 is 28.4. The van der Waals surface area contributed by atoms with Gasteiger partial charge in [-0.15, -0.1) is 0 Å². The number of ether oxygens (including phenoxy) is 1. The molecule has 0 saturated carbocycles. The van der Waals surface area contributed by atoms with Gasteiger partial charge < -0.3 is 15.8 Å². The SMILES string of the molecule is CCC(N)CS(=O)(=O)C(C)C(=O)NCCOC. The van der Waals surface area contributed by atoms with E-state index >= 15 is 0 Å². The average molecular weight is 266 g/mol. The molecule has 1 amide bonds. The van der Waals surface area contributed by atoms with Gasteiger partial charge in [0.25, 0.3) is 0 Å². The van der Waals surface area contributed by atoms with Crippen molar-refractivity contribution in [2.75, 3.05) is 26.0 Å². The van der Waals surface area contributed by atoms with E-state index in [1.807, 2.05) is 6.92 Å². The number of carbonyl (C=O) groups is 1. The lowest BCUT2D eigenvalue weighted by molar-refractivity contribution is -0.120. The number of nitrogens with one attached hydrogen (secondary N) is 1. The number of rotatable bonds is 8. The molecular formula is C10H22N2O4S. The zero-order valence-electron chi connectivity index (χ0n) is 10.6. The number of amides is 1. The Morgan fingerprint density at radius 1 is 1.47 bits per heavy atom. The van der Waals surface area contributed by atoms with Crippen molar-refractivity contribution >= 4 is 15.7 Å². The molecule has 6 nitrogen and oxygen atoms in total. The Labute approximate surface area is 103 Å². The summed E-state index contributed by atoms with van der Waals surface area (Å²) in [4.78, 5) is 11.5. The normalized spacial score (nSPS) is 15.3. The summed E-state index contributed by atoms with van der Waals surface area (Å²) in [6, 6.07) is -0.422. The summed E-state index contributed by atoms with van der Waals surface area (Å²) in [5.41, 5.74) is 5.59. The van der Waals surface area contributed by atoms with Crippen molar-refractivity contribution in [2.45, 2.75) is 31.6 Å². The van der Waals surface area contributed by atoms with Gasteiger partial charge in [-0.3, -0.25) is 4.79 Å². The Bertz CT molecular complexity index is 329. The lowest BCUT2D eigenvalue weighted by atomic mass is 10.3.